The first-order chi connectivity index (χ1) is 9.54. The highest BCUT2D eigenvalue weighted by atomic mass is 79.9. The maximum Gasteiger partial charge on any atom is 0.254 e. The van der Waals surface area contributed by atoms with Gasteiger partial charge in [0.25, 0.3) is 5.91 Å². The molecule has 5 heteroatoms. The summed E-state index contributed by atoms with van der Waals surface area (Å²) in [5.74, 6) is -0.542. The van der Waals surface area contributed by atoms with E-state index in [0.717, 1.165) is 19.5 Å². The molecule has 0 bridgehead atoms. The molecule has 0 radical (unpaired) electrons. The first-order valence-electron chi connectivity index (χ1n) is 6.98. The van der Waals surface area contributed by atoms with Crippen molar-refractivity contribution in [1.29, 1.82) is 0 Å². The van der Waals surface area contributed by atoms with Crippen LogP contribution in [0.25, 0.3) is 0 Å². The number of halogens is 2. The fraction of sp³-hybridized carbons (Fsp3) is 0.533. The molecule has 0 aliphatic carbocycles. The Kier molecular flexibility index (Phi) is 5.16. The summed E-state index contributed by atoms with van der Waals surface area (Å²) in [6, 6.07) is 4.98. The lowest BCUT2D eigenvalue weighted by Crippen LogP contribution is -2.41. The van der Waals surface area contributed by atoms with Crippen LogP contribution in [0.2, 0.25) is 0 Å². The van der Waals surface area contributed by atoms with Gasteiger partial charge in [-0.05, 0) is 54.0 Å². The van der Waals surface area contributed by atoms with Crippen LogP contribution in [0, 0.1) is 5.82 Å². The van der Waals surface area contributed by atoms with Gasteiger partial charge in [0.2, 0.25) is 0 Å². The number of likely N-dealkylation sites (tertiary alicyclic amines) is 1. The zero-order chi connectivity index (χ0) is 14.7. The predicted molar refractivity (Wildman–Crippen MR) is 81.3 cm³/mol. The highest BCUT2D eigenvalue weighted by molar-refractivity contribution is 9.10. The van der Waals surface area contributed by atoms with Crippen LogP contribution in [0.4, 0.5) is 4.39 Å². The van der Waals surface area contributed by atoms with Crippen molar-refractivity contribution in [2.24, 2.45) is 0 Å². The van der Waals surface area contributed by atoms with Gasteiger partial charge in [-0.1, -0.05) is 13.0 Å². The minimum atomic E-state index is -0.402. The molecule has 0 spiro atoms. The Hall–Kier alpha value is -0.940. The lowest BCUT2D eigenvalue weighted by atomic mass is 10.1. The van der Waals surface area contributed by atoms with E-state index >= 15 is 0 Å². The van der Waals surface area contributed by atoms with Crippen LogP contribution in [0.5, 0.6) is 0 Å². The molecule has 110 valence electrons. The Morgan fingerprint density at radius 1 is 1.55 bits per heavy atom. The molecule has 1 heterocycles. The number of hydrogen-bond donors (Lipinski definition) is 0. The molecule has 1 saturated heterocycles. The summed E-state index contributed by atoms with van der Waals surface area (Å²) in [7, 11) is 1.78. The van der Waals surface area contributed by atoms with Crippen LogP contribution in [-0.4, -0.2) is 48.4 Å². The van der Waals surface area contributed by atoms with E-state index < -0.39 is 5.82 Å². The molecule has 1 unspecified atom stereocenters. The SMILES string of the molecule is CCN1CCCC1CN(C)C(=O)c1cccc(F)c1Br. The van der Waals surface area contributed by atoms with Crippen LogP contribution in [0.15, 0.2) is 22.7 Å². The molecule has 1 amide bonds. The van der Waals surface area contributed by atoms with Crippen molar-refractivity contribution < 1.29 is 9.18 Å². The number of carbonyl (C=O) groups excluding carboxylic acids is 1. The molecule has 20 heavy (non-hydrogen) atoms. The van der Waals surface area contributed by atoms with Crippen LogP contribution in [-0.2, 0) is 0 Å². The standard InChI is InChI=1S/C15H20BrFN2O/c1-3-19-9-5-6-11(19)10-18(2)15(20)12-7-4-8-13(17)14(12)16/h4,7-8,11H,3,5-6,9-10H2,1-2H3. The zero-order valence-corrected chi connectivity index (χ0v) is 13.5. The topological polar surface area (TPSA) is 23.6 Å². The smallest absolute Gasteiger partial charge is 0.254 e. The Balaban J connectivity index is 2.07. The van der Waals surface area contributed by atoms with Crippen molar-refractivity contribution in [2.45, 2.75) is 25.8 Å². The van der Waals surface area contributed by atoms with E-state index in [1.807, 2.05) is 0 Å². The molecule has 1 atom stereocenters. The molecule has 0 N–H and O–H groups in total. The van der Waals surface area contributed by atoms with Crippen LogP contribution >= 0.6 is 15.9 Å². The number of nitrogens with zero attached hydrogens (tertiary/aromatic N) is 2. The molecule has 0 saturated carbocycles. The fourth-order valence-corrected chi connectivity index (χ4v) is 3.23. The van der Waals surface area contributed by atoms with Crippen molar-refractivity contribution >= 4 is 21.8 Å². The Labute approximate surface area is 127 Å². The normalized spacial score (nSPS) is 19.3. The summed E-state index contributed by atoms with van der Waals surface area (Å²) < 4.78 is 13.7. The molecule has 3 nitrogen and oxygen atoms in total. The molecule has 1 aliphatic heterocycles. The third-order valence-electron chi connectivity index (χ3n) is 3.92. The van der Waals surface area contributed by atoms with Crippen LogP contribution in [0.3, 0.4) is 0 Å². The van der Waals surface area contributed by atoms with Crippen LogP contribution < -0.4 is 0 Å². The number of benzene rings is 1. The van der Waals surface area contributed by atoms with Gasteiger partial charge in [0, 0.05) is 19.6 Å². The van der Waals surface area contributed by atoms with Crippen molar-refractivity contribution in [3.8, 4) is 0 Å². The van der Waals surface area contributed by atoms with E-state index in [9.17, 15) is 9.18 Å². The Morgan fingerprint density at radius 2 is 2.30 bits per heavy atom. The second-order valence-corrected chi connectivity index (χ2v) is 6.00. The molecular formula is C15H20BrFN2O. The lowest BCUT2D eigenvalue weighted by molar-refractivity contribution is 0.0753. The summed E-state index contributed by atoms with van der Waals surface area (Å²) in [4.78, 5) is 16.5. The monoisotopic (exact) mass is 342 g/mol. The molecule has 0 aromatic heterocycles. The lowest BCUT2D eigenvalue weighted by Gasteiger charge is -2.28. The molecule has 1 aromatic rings. The summed E-state index contributed by atoms with van der Waals surface area (Å²) in [6.45, 7) is 4.95. The third-order valence-corrected chi connectivity index (χ3v) is 4.72. The number of amides is 1. The summed E-state index contributed by atoms with van der Waals surface area (Å²) in [5, 5.41) is 0. The first-order valence-corrected chi connectivity index (χ1v) is 7.77. The van der Waals surface area contributed by atoms with E-state index in [2.05, 4.69) is 27.8 Å². The average molecular weight is 343 g/mol. The van der Waals surface area contributed by atoms with Gasteiger partial charge in [0.15, 0.2) is 0 Å². The van der Waals surface area contributed by atoms with E-state index in [1.165, 1.54) is 12.5 Å². The summed E-state index contributed by atoms with van der Waals surface area (Å²) in [6.07, 6.45) is 2.31. The van der Waals surface area contributed by atoms with Gasteiger partial charge in [0.05, 0.1) is 10.0 Å². The quantitative estimate of drug-likeness (QED) is 0.839. The minimum absolute atomic E-state index is 0.140. The molecule has 1 aromatic carbocycles. The minimum Gasteiger partial charge on any atom is -0.340 e. The molecule has 2 rings (SSSR count). The third kappa shape index (κ3) is 3.20. The van der Waals surface area contributed by atoms with Gasteiger partial charge >= 0.3 is 0 Å². The van der Waals surface area contributed by atoms with E-state index in [4.69, 9.17) is 0 Å². The van der Waals surface area contributed by atoms with Crippen molar-refractivity contribution in [3.63, 3.8) is 0 Å². The van der Waals surface area contributed by atoms with E-state index in [0.29, 0.717) is 18.2 Å². The van der Waals surface area contributed by atoms with E-state index in [-0.39, 0.29) is 10.4 Å². The highest BCUT2D eigenvalue weighted by Crippen LogP contribution is 2.23. The number of carbonyl (C=O) groups is 1. The van der Waals surface area contributed by atoms with Gasteiger partial charge < -0.3 is 4.90 Å². The van der Waals surface area contributed by atoms with Gasteiger partial charge in [-0.3, -0.25) is 9.69 Å². The zero-order valence-electron chi connectivity index (χ0n) is 11.9. The molecule has 1 fully saturated rings. The highest BCUT2D eigenvalue weighted by Gasteiger charge is 2.26. The number of hydrogen-bond acceptors (Lipinski definition) is 2. The average Bonchev–Trinajstić information content (AvgIpc) is 2.88. The van der Waals surface area contributed by atoms with E-state index in [1.54, 1.807) is 24.1 Å². The van der Waals surface area contributed by atoms with Gasteiger partial charge in [-0.15, -0.1) is 0 Å². The number of rotatable bonds is 4. The second-order valence-electron chi connectivity index (χ2n) is 5.21. The van der Waals surface area contributed by atoms with Crippen LogP contribution in [0.1, 0.15) is 30.1 Å². The Bertz CT molecular complexity index is 495. The first kappa shape index (κ1) is 15.4. The summed E-state index contributed by atoms with van der Waals surface area (Å²) in [5.41, 5.74) is 0.383. The largest absolute Gasteiger partial charge is 0.340 e. The summed E-state index contributed by atoms with van der Waals surface area (Å²) >= 11 is 3.15. The molecular weight excluding hydrogens is 323 g/mol. The van der Waals surface area contributed by atoms with Gasteiger partial charge in [0.1, 0.15) is 5.82 Å². The van der Waals surface area contributed by atoms with Gasteiger partial charge in [-0.25, -0.2) is 4.39 Å². The fourth-order valence-electron chi connectivity index (χ4n) is 2.79. The maximum atomic E-state index is 13.5. The van der Waals surface area contributed by atoms with Crippen molar-refractivity contribution in [2.75, 3.05) is 26.7 Å². The van der Waals surface area contributed by atoms with Crippen molar-refractivity contribution in [1.82, 2.24) is 9.80 Å². The maximum absolute atomic E-state index is 13.5. The Morgan fingerprint density at radius 3 is 3.00 bits per heavy atom. The predicted octanol–water partition coefficient (Wildman–Crippen LogP) is 3.14. The second kappa shape index (κ2) is 6.68. The molecule has 1 aliphatic rings. The van der Waals surface area contributed by atoms with Crippen molar-refractivity contribution in [3.05, 3.63) is 34.1 Å². The number of likely N-dealkylation sites (N-methyl/N-ethyl adjacent to an activating group) is 2. The van der Waals surface area contributed by atoms with Gasteiger partial charge in [-0.2, -0.15) is 0 Å².